The summed E-state index contributed by atoms with van der Waals surface area (Å²) >= 11 is 3.40. The number of nitrogens with one attached hydrogen (secondary N) is 2. The van der Waals surface area contributed by atoms with E-state index in [2.05, 4.69) is 31.6 Å². The molecule has 0 aliphatic rings. The predicted octanol–water partition coefficient (Wildman–Crippen LogP) is 3.66. The second-order valence-corrected chi connectivity index (χ2v) is 6.83. The SMILES string of the molecule is CC(=N)c1ccc(CNC(=O)c2nnn(-c3ccc(Br)cc3)c2C)cc1. The molecule has 1 aromatic heterocycles. The zero-order chi connectivity index (χ0) is 18.7. The molecule has 0 saturated heterocycles. The smallest absolute Gasteiger partial charge is 0.274 e. The molecule has 0 aliphatic carbocycles. The number of hydrogen-bond donors (Lipinski definition) is 2. The van der Waals surface area contributed by atoms with Crippen LogP contribution in [0.1, 0.15) is 34.2 Å². The predicted molar refractivity (Wildman–Crippen MR) is 104 cm³/mol. The van der Waals surface area contributed by atoms with Gasteiger partial charge in [-0.2, -0.15) is 0 Å². The zero-order valence-corrected chi connectivity index (χ0v) is 16.0. The summed E-state index contributed by atoms with van der Waals surface area (Å²) in [6.07, 6.45) is 0. The van der Waals surface area contributed by atoms with Crippen LogP contribution in [-0.2, 0) is 6.54 Å². The van der Waals surface area contributed by atoms with Gasteiger partial charge in [0.05, 0.1) is 11.4 Å². The van der Waals surface area contributed by atoms with Crippen molar-refractivity contribution in [3.63, 3.8) is 0 Å². The Labute approximate surface area is 159 Å². The highest BCUT2D eigenvalue weighted by Crippen LogP contribution is 2.16. The maximum absolute atomic E-state index is 12.4. The van der Waals surface area contributed by atoms with Gasteiger partial charge in [0.25, 0.3) is 5.91 Å². The molecule has 1 heterocycles. The molecule has 0 fully saturated rings. The molecule has 0 saturated carbocycles. The second kappa shape index (κ2) is 7.61. The third-order valence-electron chi connectivity index (χ3n) is 4.02. The number of rotatable bonds is 5. The molecule has 3 aromatic rings. The first-order chi connectivity index (χ1) is 12.5. The molecule has 0 spiro atoms. The fraction of sp³-hybridized carbons (Fsp3) is 0.158. The molecule has 26 heavy (non-hydrogen) atoms. The number of aromatic nitrogens is 3. The van der Waals surface area contributed by atoms with Crippen molar-refractivity contribution in [3.8, 4) is 5.69 Å². The summed E-state index contributed by atoms with van der Waals surface area (Å²) in [4.78, 5) is 12.4. The molecule has 0 atom stereocenters. The summed E-state index contributed by atoms with van der Waals surface area (Å²) in [6, 6.07) is 15.2. The molecule has 2 aromatic carbocycles. The monoisotopic (exact) mass is 411 g/mol. The molecule has 132 valence electrons. The zero-order valence-electron chi connectivity index (χ0n) is 14.5. The Morgan fingerprint density at radius 1 is 1.15 bits per heavy atom. The van der Waals surface area contributed by atoms with E-state index in [0.29, 0.717) is 23.6 Å². The number of carbonyl (C=O) groups is 1. The van der Waals surface area contributed by atoms with Crippen molar-refractivity contribution in [3.05, 3.63) is 75.5 Å². The van der Waals surface area contributed by atoms with E-state index in [9.17, 15) is 4.79 Å². The van der Waals surface area contributed by atoms with Crippen molar-refractivity contribution in [1.82, 2.24) is 20.3 Å². The van der Waals surface area contributed by atoms with Gasteiger partial charge in [-0.15, -0.1) is 5.10 Å². The van der Waals surface area contributed by atoms with Crippen LogP contribution in [-0.4, -0.2) is 26.6 Å². The molecule has 0 radical (unpaired) electrons. The van der Waals surface area contributed by atoms with Crippen molar-refractivity contribution in [2.24, 2.45) is 0 Å². The summed E-state index contributed by atoms with van der Waals surface area (Å²) in [6.45, 7) is 3.95. The fourth-order valence-corrected chi connectivity index (χ4v) is 2.77. The second-order valence-electron chi connectivity index (χ2n) is 5.92. The highest BCUT2D eigenvalue weighted by Gasteiger charge is 2.17. The summed E-state index contributed by atoms with van der Waals surface area (Å²) in [5.74, 6) is -0.266. The quantitative estimate of drug-likeness (QED) is 0.628. The first-order valence-corrected chi connectivity index (χ1v) is 8.86. The van der Waals surface area contributed by atoms with Gasteiger partial charge in [0.2, 0.25) is 0 Å². The average Bonchev–Trinajstić information content (AvgIpc) is 3.02. The van der Waals surface area contributed by atoms with Crippen LogP contribution in [0.2, 0.25) is 0 Å². The number of hydrogen-bond acceptors (Lipinski definition) is 4. The van der Waals surface area contributed by atoms with Gasteiger partial charge in [0.15, 0.2) is 5.69 Å². The van der Waals surface area contributed by atoms with E-state index in [-0.39, 0.29) is 5.91 Å². The molecule has 2 N–H and O–H groups in total. The number of benzene rings is 2. The lowest BCUT2D eigenvalue weighted by molar-refractivity contribution is 0.0945. The Hall–Kier alpha value is -2.80. The third-order valence-corrected chi connectivity index (χ3v) is 4.55. The van der Waals surface area contributed by atoms with Crippen LogP contribution >= 0.6 is 15.9 Å². The number of amides is 1. The van der Waals surface area contributed by atoms with Gasteiger partial charge in [0, 0.05) is 16.7 Å². The van der Waals surface area contributed by atoms with E-state index in [1.165, 1.54) is 0 Å². The van der Waals surface area contributed by atoms with Crippen LogP contribution in [0.5, 0.6) is 0 Å². The molecule has 6 nitrogen and oxygen atoms in total. The normalized spacial score (nSPS) is 10.6. The Balaban J connectivity index is 1.70. The Morgan fingerprint density at radius 2 is 1.81 bits per heavy atom. The lowest BCUT2D eigenvalue weighted by Crippen LogP contribution is -2.24. The van der Waals surface area contributed by atoms with E-state index in [0.717, 1.165) is 21.3 Å². The van der Waals surface area contributed by atoms with E-state index < -0.39 is 0 Å². The van der Waals surface area contributed by atoms with Gasteiger partial charge in [-0.25, -0.2) is 4.68 Å². The van der Waals surface area contributed by atoms with E-state index in [1.807, 2.05) is 55.5 Å². The minimum absolute atomic E-state index is 0.266. The Kier molecular flexibility index (Phi) is 5.27. The van der Waals surface area contributed by atoms with E-state index >= 15 is 0 Å². The fourth-order valence-electron chi connectivity index (χ4n) is 2.51. The topological polar surface area (TPSA) is 83.7 Å². The van der Waals surface area contributed by atoms with Crippen molar-refractivity contribution in [2.75, 3.05) is 0 Å². The Bertz CT molecular complexity index is 945. The van der Waals surface area contributed by atoms with Gasteiger partial charge >= 0.3 is 0 Å². The maximum Gasteiger partial charge on any atom is 0.274 e. The molecule has 7 heteroatoms. The summed E-state index contributed by atoms with van der Waals surface area (Å²) in [7, 11) is 0. The standard InChI is InChI=1S/C19H18BrN5O/c1-12(21)15-5-3-14(4-6-15)11-22-19(26)18-13(2)25(24-23-18)17-9-7-16(20)8-10-17/h3-10,21H,11H2,1-2H3,(H,22,26). The highest BCUT2D eigenvalue weighted by atomic mass is 79.9. The van der Waals surface area contributed by atoms with Crippen LogP contribution in [0, 0.1) is 12.3 Å². The molecule has 0 aliphatic heterocycles. The maximum atomic E-state index is 12.4. The van der Waals surface area contributed by atoms with Crippen molar-refractivity contribution < 1.29 is 4.79 Å². The minimum atomic E-state index is -0.266. The number of halogens is 1. The first kappa shape index (κ1) is 18.0. The van der Waals surface area contributed by atoms with Crippen LogP contribution in [0.25, 0.3) is 5.69 Å². The van der Waals surface area contributed by atoms with Gasteiger partial charge in [-0.1, -0.05) is 45.4 Å². The lowest BCUT2D eigenvalue weighted by atomic mass is 10.1. The van der Waals surface area contributed by atoms with Crippen molar-refractivity contribution in [2.45, 2.75) is 20.4 Å². The first-order valence-electron chi connectivity index (χ1n) is 8.06. The molecular weight excluding hydrogens is 394 g/mol. The van der Waals surface area contributed by atoms with Gasteiger partial charge in [0.1, 0.15) is 0 Å². The highest BCUT2D eigenvalue weighted by molar-refractivity contribution is 9.10. The molecule has 0 unspecified atom stereocenters. The molecule has 1 amide bonds. The van der Waals surface area contributed by atoms with Crippen molar-refractivity contribution >= 4 is 27.5 Å². The summed E-state index contributed by atoms with van der Waals surface area (Å²) < 4.78 is 2.62. The molecule has 3 rings (SSSR count). The molecule has 0 bridgehead atoms. The largest absolute Gasteiger partial charge is 0.347 e. The van der Waals surface area contributed by atoms with Gasteiger partial charge in [-0.05, 0) is 49.2 Å². The average molecular weight is 412 g/mol. The third kappa shape index (κ3) is 3.88. The summed E-state index contributed by atoms with van der Waals surface area (Å²) in [5, 5.41) is 18.6. The van der Waals surface area contributed by atoms with Crippen LogP contribution in [0.15, 0.2) is 53.0 Å². The van der Waals surface area contributed by atoms with Crippen molar-refractivity contribution in [1.29, 1.82) is 5.41 Å². The van der Waals surface area contributed by atoms with E-state index in [1.54, 1.807) is 11.6 Å². The minimum Gasteiger partial charge on any atom is -0.347 e. The number of carbonyl (C=O) groups excluding carboxylic acids is 1. The van der Waals surface area contributed by atoms with E-state index in [4.69, 9.17) is 5.41 Å². The summed E-state index contributed by atoms with van der Waals surface area (Å²) in [5.41, 5.74) is 4.17. The van der Waals surface area contributed by atoms with Crippen LogP contribution in [0.4, 0.5) is 0 Å². The Morgan fingerprint density at radius 3 is 2.42 bits per heavy atom. The van der Waals surface area contributed by atoms with Gasteiger partial charge in [-0.3, -0.25) is 4.79 Å². The van der Waals surface area contributed by atoms with Crippen LogP contribution in [0.3, 0.4) is 0 Å². The lowest BCUT2D eigenvalue weighted by Gasteiger charge is -2.06. The number of nitrogens with zero attached hydrogens (tertiary/aromatic N) is 3. The van der Waals surface area contributed by atoms with Crippen LogP contribution < -0.4 is 5.32 Å². The molecular formula is C19H18BrN5O. The van der Waals surface area contributed by atoms with Gasteiger partial charge < -0.3 is 10.7 Å².